The number of ether oxygens (including phenoxy) is 1. The molecule has 0 aromatic heterocycles. The highest BCUT2D eigenvalue weighted by atomic mass is 16.5. The molecule has 0 spiro atoms. The van der Waals surface area contributed by atoms with Gasteiger partial charge >= 0.3 is 0 Å². The number of nitrogens with zero attached hydrogens (tertiary/aromatic N) is 1. The molecule has 0 fully saturated rings. The fourth-order valence-corrected chi connectivity index (χ4v) is 1.86. The Morgan fingerprint density at radius 2 is 1.89 bits per heavy atom. The number of rotatable bonds is 6. The van der Waals surface area contributed by atoms with Crippen LogP contribution in [0.2, 0.25) is 0 Å². The molecule has 2 nitrogen and oxygen atoms in total. The average Bonchev–Trinajstić information content (AvgIpc) is 2.39. The monoisotopic (exact) mass is 245 g/mol. The van der Waals surface area contributed by atoms with Gasteiger partial charge in [0.25, 0.3) is 0 Å². The van der Waals surface area contributed by atoms with Gasteiger partial charge in [-0.3, -0.25) is 4.90 Å². The van der Waals surface area contributed by atoms with Crippen LogP contribution in [-0.2, 0) is 0 Å². The zero-order valence-corrected chi connectivity index (χ0v) is 11.7. The molecule has 2 heteroatoms. The highest BCUT2D eigenvalue weighted by Gasteiger charge is 1.98. The van der Waals surface area contributed by atoms with Crippen LogP contribution >= 0.6 is 0 Å². The second-order valence-electron chi connectivity index (χ2n) is 4.31. The number of methoxy groups -OCH3 is 1. The molecule has 0 aliphatic heterocycles. The first-order valence-corrected chi connectivity index (χ1v) is 6.65. The maximum absolute atomic E-state index is 5.18. The highest BCUT2D eigenvalue weighted by molar-refractivity contribution is 5.39. The lowest BCUT2D eigenvalue weighted by molar-refractivity contribution is 0.308. The molecule has 0 bridgehead atoms. The van der Waals surface area contributed by atoms with Crippen LogP contribution in [0.5, 0.6) is 5.75 Å². The average molecular weight is 245 g/mol. The molecule has 1 aromatic rings. The van der Waals surface area contributed by atoms with Crippen molar-refractivity contribution >= 4 is 0 Å². The molecule has 0 aliphatic carbocycles. The third-order valence-electron chi connectivity index (χ3n) is 2.68. The summed E-state index contributed by atoms with van der Waals surface area (Å²) in [5.74, 6) is 7.30. The molecule has 18 heavy (non-hydrogen) atoms. The van der Waals surface area contributed by atoms with Gasteiger partial charge in [0.05, 0.1) is 13.7 Å². The molecule has 0 N–H and O–H groups in total. The van der Waals surface area contributed by atoms with Crippen LogP contribution < -0.4 is 4.74 Å². The first-order valence-electron chi connectivity index (χ1n) is 6.65. The van der Waals surface area contributed by atoms with Gasteiger partial charge in [-0.2, -0.15) is 0 Å². The van der Waals surface area contributed by atoms with E-state index in [1.165, 1.54) is 12.8 Å². The smallest absolute Gasteiger partial charge is 0.120 e. The SMILES string of the molecule is CCCN(CC#Cc1cccc(OC)c1)CCC. The molecule has 0 aliphatic rings. The van der Waals surface area contributed by atoms with E-state index in [-0.39, 0.29) is 0 Å². The molecule has 0 saturated heterocycles. The van der Waals surface area contributed by atoms with E-state index in [1.807, 2.05) is 24.3 Å². The predicted octanol–water partition coefficient (Wildman–Crippen LogP) is 3.17. The first kappa shape index (κ1) is 14.6. The van der Waals surface area contributed by atoms with Gasteiger partial charge in [0, 0.05) is 5.56 Å². The molecule has 0 atom stereocenters. The minimum absolute atomic E-state index is 0.846. The van der Waals surface area contributed by atoms with Crippen LogP contribution in [0.4, 0.5) is 0 Å². The molecule has 0 saturated carbocycles. The molecule has 1 aromatic carbocycles. The lowest BCUT2D eigenvalue weighted by Gasteiger charge is -2.17. The standard InChI is InChI=1S/C16H23NO/c1-4-11-17(12-5-2)13-7-9-15-8-6-10-16(14-15)18-3/h6,8,10,14H,4-5,11-13H2,1-3H3. The highest BCUT2D eigenvalue weighted by Crippen LogP contribution is 2.11. The maximum Gasteiger partial charge on any atom is 0.120 e. The van der Waals surface area contributed by atoms with Gasteiger partial charge in [0.1, 0.15) is 5.75 Å². The quantitative estimate of drug-likeness (QED) is 0.714. The summed E-state index contributed by atoms with van der Waals surface area (Å²) in [5, 5.41) is 0. The largest absolute Gasteiger partial charge is 0.497 e. The van der Waals surface area contributed by atoms with Crippen LogP contribution in [-0.4, -0.2) is 31.6 Å². The zero-order chi connectivity index (χ0) is 13.2. The summed E-state index contributed by atoms with van der Waals surface area (Å²) >= 11 is 0. The van der Waals surface area contributed by atoms with E-state index >= 15 is 0 Å². The van der Waals surface area contributed by atoms with E-state index in [9.17, 15) is 0 Å². The van der Waals surface area contributed by atoms with Gasteiger partial charge in [-0.15, -0.1) is 0 Å². The van der Waals surface area contributed by atoms with Gasteiger partial charge in [-0.25, -0.2) is 0 Å². The predicted molar refractivity (Wildman–Crippen MR) is 76.9 cm³/mol. The summed E-state index contributed by atoms with van der Waals surface area (Å²) in [6.45, 7) is 7.51. The van der Waals surface area contributed by atoms with Gasteiger partial charge in [0.2, 0.25) is 0 Å². The van der Waals surface area contributed by atoms with E-state index in [4.69, 9.17) is 4.74 Å². The van der Waals surface area contributed by atoms with Crippen molar-refractivity contribution in [1.29, 1.82) is 0 Å². The molecular weight excluding hydrogens is 222 g/mol. The van der Waals surface area contributed by atoms with Crippen LogP contribution in [0.3, 0.4) is 0 Å². The lowest BCUT2D eigenvalue weighted by Crippen LogP contribution is -2.25. The van der Waals surface area contributed by atoms with Crippen molar-refractivity contribution in [2.24, 2.45) is 0 Å². The van der Waals surface area contributed by atoms with Crippen molar-refractivity contribution in [2.75, 3.05) is 26.7 Å². The topological polar surface area (TPSA) is 12.5 Å². The van der Waals surface area contributed by atoms with E-state index in [0.717, 1.165) is 30.9 Å². The maximum atomic E-state index is 5.18. The van der Waals surface area contributed by atoms with Crippen LogP contribution in [0, 0.1) is 11.8 Å². The summed E-state index contributed by atoms with van der Waals surface area (Å²) in [7, 11) is 1.68. The molecule has 0 unspecified atom stereocenters. The van der Waals surface area contributed by atoms with Crippen molar-refractivity contribution in [1.82, 2.24) is 4.90 Å². The Morgan fingerprint density at radius 1 is 1.17 bits per heavy atom. The third kappa shape index (κ3) is 5.25. The van der Waals surface area contributed by atoms with Gasteiger partial charge in [-0.05, 0) is 44.1 Å². The fourth-order valence-electron chi connectivity index (χ4n) is 1.86. The zero-order valence-electron chi connectivity index (χ0n) is 11.7. The summed E-state index contributed by atoms with van der Waals surface area (Å²) in [6, 6.07) is 7.89. The van der Waals surface area contributed by atoms with Crippen molar-refractivity contribution < 1.29 is 4.74 Å². The first-order chi connectivity index (χ1) is 8.80. The second kappa shape index (κ2) is 8.60. The van der Waals surface area contributed by atoms with Crippen molar-refractivity contribution in [3.8, 4) is 17.6 Å². The second-order valence-corrected chi connectivity index (χ2v) is 4.31. The Labute approximate surface area is 111 Å². The number of benzene rings is 1. The van der Waals surface area contributed by atoms with Crippen molar-refractivity contribution in [3.63, 3.8) is 0 Å². The van der Waals surface area contributed by atoms with E-state index in [0.29, 0.717) is 0 Å². The van der Waals surface area contributed by atoms with Crippen molar-refractivity contribution in [3.05, 3.63) is 29.8 Å². The summed E-state index contributed by atoms with van der Waals surface area (Å²) < 4.78 is 5.18. The minimum atomic E-state index is 0.846. The molecule has 98 valence electrons. The van der Waals surface area contributed by atoms with Crippen molar-refractivity contribution in [2.45, 2.75) is 26.7 Å². The Hall–Kier alpha value is -1.46. The van der Waals surface area contributed by atoms with Crippen LogP contribution in [0.25, 0.3) is 0 Å². The minimum Gasteiger partial charge on any atom is -0.497 e. The van der Waals surface area contributed by atoms with E-state index < -0.39 is 0 Å². The summed E-state index contributed by atoms with van der Waals surface area (Å²) in [5.41, 5.74) is 1.02. The van der Waals surface area contributed by atoms with Gasteiger partial charge in [-0.1, -0.05) is 31.8 Å². The normalized spacial score (nSPS) is 10.0. The van der Waals surface area contributed by atoms with E-state index in [2.05, 4.69) is 30.6 Å². The van der Waals surface area contributed by atoms with E-state index in [1.54, 1.807) is 7.11 Å². The molecule has 1 rings (SSSR count). The third-order valence-corrected chi connectivity index (χ3v) is 2.68. The molecule has 0 amide bonds. The number of hydrogen-bond donors (Lipinski definition) is 0. The summed E-state index contributed by atoms with van der Waals surface area (Å²) in [6.07, 6.45) is 2.36. The fraction of sp³-hybridized carbons (Fsp3) is 0.500. The lowest BCUT2D eigenvalue weighted by atomic mass is 10.2. The summed E-state index contributed by atoms with van der Waals surface area (Å²) in [4.78, 5) is 2.40. The van der Waals surface area contributed by atoms with Gasteiger partial charge in [0.15, 0.2) is 0 Å². The van der Waals surface area contributed by atoms with Gasteiger partial charge < -0.3 is 4.74 Å². The van der Waals surface area contributed by atoms with Crippen LogP contribution in [0.1, 0.15) is 32.3 Å². The molecular formula is C16H23NO. The Balaban J connectivity index is 2.57. The number of hydrogen-bond acceptors (Lipinski definition) is 2. The molecule has 0 radical (unpaired) electrons. The Bertz CT molecular complexity index is 397. The molecule has 0 heterocycles. The van der Waals surface area contributed by atoms with Crippen LogP contribution in [0.15, 0.2) is 24.3 Å². The Kier molecular flexibility index (Phi) is 6.98. The Morgan fingerprint density at radius 3 is 2.50 bits per heavy atom.